The van der Waals surface area contributed by atoms with Crippen molar-refractivity contribution in [1.82, 2.24) is 20.1 Å². The van der Waals surface area contributed by atoms with Crippen LogP contribution in [0.5, 0.6) is 0 Å². The van der Waals surface area contributed by atoms with Gasteiger partial charge in [0.15, 0.2) is 0 Å². The summed E-state index contributed by atoms with van der Waals surface area (Å²) in [6.45, 7) is 1.93. The number of aromatic nitrogens is 1. The molecule has 3 amide bonds. The number of urea groups is 1. The quantitative estimate of drug-likeness (QED) is 0.888. The van der Waals surface area contributed by atoms with Crippen LogP contribution < -0.4 is 5.32 Å². The van der Waals surface area contributed by atoms with Crippen molar-refractivity contribution in [3.63, 3.8) is 0 Å². The average molecular weight is 346 g/mol. The molecular weight excluding hydrogens is 320 g/mol. The van der Waals surface area contributed by atoms with Crippen molar-refractivity contribution in [2.24, 2.45) is 0 Å². The topological polar surface area (TPSA) is 74.8 Å². The summed E-state index contributed by atoms with van der Waals surface area (Å²) in [5, 5.41) is 2.99. The molecule has 0 saturated carbocycles. The zero-order chi connectivity index (χ0) is 17.9. The van der Waals surface area contributed by atoms with Gasteiger partial charge in [-0.15, -0.1) is 0 Å². The van der Waals surface area contributed by atoms with Crippen LogP contribution in [0.4, 0.5) is 4.79 Å². The van der Waals surface area contributed by atoms with Crippen molar-refractivity contribution in [1.29, 1.82) is 0 Å². The molecule has 2 aliphatic heterocycles. The van der Waals surface area contributed by atoms with Gasteiger partial charge >= 0.3 is 6.03 Å². The van der Waals surface area contributed by atoms with Gasteiger partial charge in [-0.05, 0) is 31.4 Å². The molecule has 1 N–H and O–H groups in total. The lowest BCUT2D eigenvalue weighted by Gasteiger charge is -2.38. The van der Waals surface area contributed by atoms with Crippen LogP contribution in [0, 0.1) is 0 Å². The van der Waals surface area contributed by atoms with E-state index in [-0.39, 0.29) is 23.6 Å². The predicted molar refractivity (Wildman–Crippen MR) is 93.1 cm³/mol. The van der Waals surface area contributed by atoms with Gasteiger partial charge in [0.2, 0.25) is 5.91 Å². The molecule has 1 aromatic rings. The number of piperidine rings is 1. The second kappa shape index (κ2) is 7.39. The minimum absolute atomic E-state index is 0.0469. The van der Waals surface area contributed by atoms with Gasteiger partial charge in [0.25, 0.3) is 0 Å². The Bertz CT molecular complexity index is 612. The van der Waals surface area contributed by atoms with Crippen molar-refractivity contribution in [2.75, 3.05) is 33.8 Å². The van der Waals surface area contributed by atoms with E-state index in [0.717, 1.165) is 25.0 Å². The third-order valence-corrected chi connectivity index (χ3v) is 5.03. The van der Waals surface area contributed by atoms with Gasteiger partial charge in [-0.3, -0.25) is 9.78 Å². The average Bonchev–Trinajstić information content (AvgIpc) is 2.98. The fourth-order valence-corrected chi connectivity index (χ4v) is 3.52. The zero-order valence-corrected chi connectivity index (χ0v) is 14.9. The first-order chi connectivity index (χ1) is 12.0. The van der Waals surface area contributed by atoms with E-state index in [2.05, 4.69) is 10.3 Å². The normalized spacial score (nSPS) is 22.0. The summed E-state index contributed by atoms with van der Waals surface area (Å²) >= 11 is 0. The number of rotatable bonds is 3. The minimum atomic E-state index is -0.202. The smallest absolute Gasteiger partial charge is 0.317 e. The Morgan fingerprint density at radius 2 is 2.12 bits per heavy atom. The number of nitrogens with one attached hydrogen (secondary N) is 1. The molecule has 2 fully saturated rings. The molecule has 1 spiro atoms. The Labute approximate surface area is 148 Å². The number of carbonyl (C=O) groups excluding carboxylic acids is 2. The molecule has 0 aromatic carbocycles. The van der Waals surface area contributed by atoms with E-state index in [0.29, 0.717) is 26.1 Å². The largest absolute Gasteiger partial charge is 0.373 e. The van der Waals surface area contributed by atoms with Crippen molar-refractivity contribution in [2.45, 2.75) is 37.3 Å². The maximum absolute atomic E-state index is 12.4. The van der Waals surface area contributed by atoms with Gasteiger partial charge in [-0.25, -0.2) is 4.79 Å². The summed E-state index contributed by atoms with van der Waals surface area (Å²) in [5.74, 6) is 0.115. The highest BCUT2D eigenvalue weighted by Crippen LogP contribution is 2.36. The number of amides is 3. The minimum Gasteiger partial charge on any atom is -0.373 e. The molecule has 1 atom stereocenters. The highest BCUT2D eigenvalue weighted by Gasteiger charge is 2.43. The molecular formula is C18H26N4O3. The Kier molecular flexibility index (Phi) is 5.22. The molecule has 3 rings (SSSR count). The number of hydrogen-bond acceptors (Lipinski definition) is 4. The molecule has 2 aliphatic rings. The van der Waals surface area contributed by atoms with E-state index >= 15 is 0 Å². The summed E-state index contributed by atoms with van der Waals surface area (Å²) < 4.78 is 6.04. The van der Waals surface area contributed by atoms with Gasteiger partial charge < -0.3 is 19.9 Å². The van der Waals surface area contributed by atoms with Crippen LogP contribution in [0.3, 0.4) is 0 Å². The number of likely N-dealkylation sites (tertiary alicyclic amines) is 1. The van der Waals surface area contributed by atoms with Gasteiger partial charge in [-0.2, -0.15) is 0 Å². The first kappa shape index (κ1) is 17.7. The van der Waals surface area contributed by atoms with Gasteiger partial charge in [-0.1, -0.05) is 6.07 Å². The number of ether oxygens (including phenoxy) is 1. The molecule has 7 nitrogen and oxygen atoms in total. The number of pyridine rings is 1. The van der Waals surface area contributed by atoms with E-state index in [9.17, 15) is 9.59 Å². The van der Waals surface area contributed by atoms with Crippen LogP contribution in [0.15, 0.2) is 24.4 Å². The van der Waals surface area contributed by atoms with Crippen LogP contribution in [0.25, 0.3) is 0 Å². The lowest BCUT2D eigenvalue weighted by Crippen LogP contribution is -2.48. The van der Waals surface area contributed by atoms with Crippen molar-refractivity contribution in [3.8, 4) is 0 Å². The standard InChI is InChI=1S/C18H26N4O3/c1-21(2)17(24)20-15-12-18(25-13-15)6-9-22(10-7-18)16(23)11-14-5-3-4-8-19-14/h3-5,8,15H,6-7,9-13H2,1-2H3,(H,20,24)/t15-/m1/s1. The van der Waals surface area contributed by atoms with E-state index in [4.69, 9.17) is 4.74 Å². The Hall–Kier alpha value is -2.15. The monoisotopic (exact) mass is 346 g/mol. The molecule has 1 aromatic heterocycles. The Balaban J connectivity index is 1.48. The summed E-state index contributed by atoms with van der Waals surface area (Å²) in [6.07, 6.45) is 4.50. The number of nitrogens with zero attached hydrogens (tertiary/aromatic N) is 3. The Morgan fingerprint density at radius 3 is 2.76 bits per heavy atom. The van der Waals surface area contributed by atoms with E-state index in [1.807, 2.05) is 23.1 Å². The summed E-state index contributed by atoms with van der Waals surface area (Å²) in [4.78, 5) is 31.9. The van der Waals surface area contributed by atoms with Crippen LogP contribution >= 0.6 is 0 Å². The molecule has 7 heteroatoms. The highest BCUT2D eigenvalue weighted by atomic mass is 16.5. The molecule has 0 unspecified atom stereocenters. The van der Waals surface area contributed by atoms with Gasteiger partial charge in [0.1, 0.15) is 0 Å². The van der Waals surface area contributed by atoms with Crippen LogP contribution in [0.2, 0.25) is 0 Å². The van der Waals surface area contributed by atoms with Crippen molar-refractivity contribution >= 4 is 11.9 Å². The first-order valence-electron chi connectivity index (χ1n) is 8.77. The van der Waals surface area contributed by atoms with E-state index < -0.39 is 0 Å². The molecule has 0 aliphatic carbocycles. The molecule has 0 radical (unpaired) electrons. The van der Waals surface area contributed by atoms with Crippen molar-refractivity contribution < 1.29 is 14.3 Å². The fourth-order valence-electron chi connectivity index (χ4n) is 3.52. The SMILES string of the molecule is CN(C)C(=O)N[C@H]1COC2(CCN(C(=O)Cc3ccccn3)CC2)C1. The summed E-state index contributed by atoms with van der Waals surface area (Å²) in [5.41, 5.74) is 0.600. The van der Waals surface area contributed by atoms with Gasteiger partial charge in [0.05, 0.1) is 24.7 Å². The fraction of sp³-hybridized carbons (Fsp3) is 0.611. The number of hydrogen-bond donors (Lipinski definition) is 1. The molecule has 2 saturated heterocycles. The van der Waals surface area contributed by atoms with Crippen LogP contribution in [-0.4, -0.2) is 72.2 Å². The zero-order valence-electron chi connectivity index (χ0n) is 14.9. The molecule has 136 valence electrons. The number of carbonyl (C=O) groups is 2. The second-order valence-electron chi connectivity index (χ2n) is 7.12. The third kappa shape index (κ3) is 4.28. The maximum Gasteiger partial charge on any atom is 0.317 e. The van der Waals surface area contributed by atoms with E-state index in [1.54, 1.807) is 20.3 Å². The second-order valence-corrected chi connectivity index (χ2v) is 7.12. The van der Waals surface area contributed by atoms with Gasteiger partial charge in [0, 0.05) is 39.1 Å². The maximum atomic E-state index is 12.4. The van der Waals surface area contributed by atoms with Crippen molar-refractivity contribution in [3.05, 3.63) is 30.1 Å². The molecule has 25 heavy (non-hydrogen) atoms. The third-order valence-electron chi connectivity index (χ3n) is 5.03. The lowest BCUT2D eigenvalue weighted by molar-refractivity contribution is -0.135. The lowest BCUT2D eigenvalue weighted by atomic mass is 9.87. The Morgan fingerprint density at radius 1 is 1.36 bits per heavy atom. The van der Waals surface area contributed by atoms with Crippen LogP contribution in [-0.2, 0) is 16.0 Å². The highest BCUT2D eigenvalue weighted by molar-refractivity contribution is 5.78. The first-order valence-corrected chi connectivity index (χ1v) is 8.77. The predicted octanol–water partition coefficient (Wildman–Crippen LogP) is 1.05. The molecule has 0 bridgehead atoms. The summed E-state index contributed by atoms with van der Waals surface area (Å²) in [6, 6.07) is 5.58. The van der Waals surface area contributed by atoms with Crippen LogP contribution in [0.1, 0.15) is 25.0 Å². The van der Waals surface area contributed by atoms with E-state index in [1.165, 1.54) is 4.90 Å². The summed E-state index contributed by atoms with van der Waals surface area (Å²) in [7, 11) is 3.46. The molecule has 3 heterocycles.